The highest BCUT2D eigenvalue weighted by molar-refractivity contribution is 6.02. The molecule has 6 heteroatoms. The van der Waals surface area contributed by atoms with Gasteiger partial charge in [0.1, 0.15) is 12.1 Å². The first-order valence-electron chi connectivity index (χ1n) is 11.3. The number of amides is 1. The smallest absolute Gasteiger partial charge is 0.222 e. The molecule has 0 bridgehead atoms. The summed E-state index contributed by atoms with van der Waals surface area (Å²) in [5.41, 5.74) is 4.22. The molecule has 0 radical (unpaired) electrons. The third kappa shape index (κ3) is 3.73. The number of carbonyl (C=O) groups is 1. The second-order valence-corrected chi connectivity index (χ2v) is 8.13. The van der Waals surface area contributed by atoms with E-state index in [2.05, 4.69) is 57.0 Å². The summed E-state index contributed by atoms with van der Waals surface area (Å²) >= 11 is 0. The third-order valence-corrected chi connectivity index (χ3v) is 6.08. The minimum atomic E-state index is 0.250. The van der Waals surface area contributed by atoms with Crippen LogP contribution in [0.25, 0.3) is 27.8 Å². The lowest BCUT2D eigenvalue weighted by Crippen LogP contribution is -2.49. The van der Waals surface area contributed by atoms with E-state index in [9.17, 15) is 4.79 Å². The van der Waals surface area contributed by atoms with Gasteiger partial charge in [-0.15, -0.1) is 0 Å². The van der Waals surface area contributed by atoms with Crippen LogP contribution in [-0.2, 0) is 4.79 Å². The zero-order valence-corrected chi connectivity index (χ0v) is 18.3. The number of carbonyl (C=O) groups excluding carboxylic acids is 1. The molecule has 0 unspecified atom stereocenters. The molecular weight excluding hydrogens is 398 g/mol. The Morgan fingerprint density at radius 2 is 1.59 bits per heavy atom. The maximum Gasteiger partial charge on any atom is 0.222 e. The molecule has 2 aromatic heterocycles. The maximum atomic E-state index is 12.3. The van der Waals surface area contributed by atoms with Crippen molar-refractivity contribution in [2.75, 3.05) is 31.1 Å². The number of para-hydroxylation sites is 1. The molecule has 32 heavy (non-hydrogen) atoms. The number of piperazine rings is 1. The number of nitrogens with zero attached hydrogens (tertiary/aromatic N) is 5. The number of benzene rings is 2. The molecule has 0 saturated carbocycles. The Bertz CT molecular complexity index is 1210. The summed E-state index contributed by atoms with van der Waals surface area (Å²) in [5.74, 6) is 1.19. The van der Waals surface area contributed by atoms with Crippen molar-refractivity contribution in [3.8, 4) is 16.8 Å². The monoisotopic (exact) mass is 425 g/mol. The van der Waals surface area contributed by atoms with Gasteiger partial charge < -0.3 is 14.4 Å². The molecule has 1 saturated heterocycles. The standard InChI is InChI=1S/C26H27N5O/c1-2-9-23(32)29-14-16-30(17-15-29)25-24-22(20-10-5-3-6-11-20)18-31(26(24)28-19-27-25)21-12-7-4-8-13-21/h3-8,10-13,18-19H,2,9,14-17H2,1H3. The molecule has 162 valence electrons. The Balaban J connectivity index is 1.59. The highest BCUT2D eigenvalue weighted by Crippen LogP contribution is 2.36. The lowest BCUT2D eigenvalue weighted by Gasteiger charge is -2.35. The predicted octanol–water partition coefficient (Wildman–Crippen LogP) is 4.54. The summed E-state index contributed by atoms with van der Waals surface area (Å²) < 4.78 is 2.14. The number of hydrogen-bond donors (Lipinski definition) is 0. The SMILES string of the molecule is CCCC(=O)N1CCN(c2ncnc3c2c(-c2ccccc2)cn3-c2ccccc2)CC1. The molecule has 0 N–H and O–H groups in total. The van der Waals surface area contributed by atoms with Gasteiger partial charge in [0, 0.05) is 50.0 Å². The molecule has 3 heterocycles. The normalized spacial score (nSPS) is 14.2. The molecular formula is C26H27N5O. The van der Waals surface area contributed by atoms with Gasteiger partial charge in [-0.25, -0.2) is 9.97 Å². The number of aromatic nitrogens is 3. The first-order chi connectivity index (χ1) is 15.8. The number of fused-ring (bicyclic) bond motifs is 1. The first-order valence-corrected chi connectivity index (χ1v) is 11.3. The van der Waals surface area contributed by atoms with Crippen molar-refractivity contribution in [2.24, 2.45) is 0 Å². The minimum Gasteiger partial charge on any atom is -0.352 e. The van der Waals surface area contributed by atoms with Crippen LogP contribution in [0.1, 0.15) is 19.8 Å². The van der Waals surface area contributed by atoms with E-state index in [1.165, 1.54) is 0 Å². The molecule has 1 fully saturated rings. The number of anilines is 1. The van der Waals surface area contributed by atoms with Crippen LogP contribution in [0, 0.1) is 0 Å². The minimum absolute atomic E-state index is 0.250. The average molecular weight is 426 g/mol. The molecule has 6 nitrogen and oxygen atoms in total. The Morgan fingerprint density at radius 3 is 2.28 bits per heavy atom. The molecule has 1 aliphatic heterocycles. The topological polar surface area (TPSA) is 54.3 Å². The van der Waals surface area contributed by atoms with Crippen molar-refractivity contribution in [3.05, 3.63) is 73.2 Å². The van der Waals surface area contributed by atoms with Crippen LogP contribution in [0.2, 0.25) is 0 Å². The zero-order valence-electron chi connectivity index (χ0n) is 18.3. The van der Waals surface area contributed by atoms with Crippen LogP contribution in [-0.4, -0.2) is 51.5 Å². The van der Waals surface area contributed by atoms with Gasteiger partial charge in [0.15, 0.2) is 5.65 Å². The summed E-state index contributed by atoms with van der Waals surface area (Å²) in [5, 5.41) is 1.05. The van der Waals surface area contributed by atoms with Gasteiger partial charge in [0.05, 0.1) is 5.39 Å². The molecule has 0 spiro atoms. The van der Waals surface area contributed by atoms with E-state index in [1.807, 2.05) is 36.1 Å². The summed E-state index contributed by atoms with van der Waals surface area (Å²) in [6, 6.07) is 20.7. The quantitative estimate of drug-likeness (QED) is 0.471. The molecule has 0 atom stereocenters. The van der Waals surface area contributed by atoms with Crippen LogP contribution >= 0.6 is 0 Å². The van der Waals surface area contributed by atoms with Gasteiger partial charge in [-0.3, -0.25) is 4.79 Å². The highest BCUT2D eigenvalue weighted by atomic mass is 16.2. The van der Waals surface area contributed by atoms with E-state index < -0.39 is 0 Å². The molecule has 5 rings (SSSR count). The van der Waals surface area contributed by atoms with Crippen molar-refractivity contribution in [3.63, 3.8) is 0 Å². The Hall–Kier alpha value is -3.67. The van der Waals surface area contributed by atoms with E-state index in [-0.39, 0.29) is 5.91 Å². The molecule has 1 amide bonds. The molecule has 0 aliphatic carbocycles. The second kappa shape index (κ2) is 8.83. The largest absolute Gasteiger partial charge is 0.352 e. The Kier molecular flexibility index (Phi) is 5.58. The van der Waals surface area contributed by atoms with Gasteiger partial charge in [0.2, 0.25) is 5.91 Å². The van der Waals surface area contributed by atoms with Crippen LogP contribution in [0.3, 0.4) is 0 Å². The zero-order chi connectivity index (χ0) is 21.9. The van der Waals surface area contributed by atoms with E-state index in [4.69, 9.17) is 4.98 Å². The van der Waals surface area contributed by atoms with Crippen LogP contribution in [0.5, 0.6) is 0 Å². The lowest BCUT2D eigenvalue weighted by atomic mass is 10.1. The molecule has 2 aromatic carbocycles. The molecule has 1 aliphatic rings. The summed E-state index contributed by atoms with van der Waals surface area (Å²) in [7, 11) is 0. The highest BCUT2D eigenvalue weighted by Gasteiger charge is 2.25. The Morgan fingerprint density at radius 1 is 0.906 bits per heavy atom. The average Bonchev–Trinajstić information content (AvgIpc) is 3.25. The second-order valence-electron chi connectivity index (χ2n) is 8.13. The van der Waals surface area contributed by atoms with E-state index in [0.29, 0.717) is 6.42 Å². The van der Waals surface area contributed by atoms with Crippen molar-refractivity contribution in [1.29, 1.82) is 0 Å². The van der Waals surface area contributed by atoms with Crippen molar-refractivity contribution in [1.82, 2.24) is 19.4 Å². The van der Waals surface area contributed by atoms with Crippen LogP contribution in [0.4, 0.5) is 5.82 Å². The van der Waals surface area contributed by atoms with Crippen molar-refractivity contribution < 1.29 is 4.79 Å². The summed E-state index contributed by atoms with van der Waals surface area (Å²) in [4.78, 5) is 26.0. The first kappa shape index (κ1) is 20.2. The van der Waals surface area contributed by atoms with Crippen LogP contribution in [0.15, 0.2) is 73.2 Å². The molecule has 4 aromatic rings. The predicted molar refractivity (Wildman–Crippen MR) is 128 cm³/mol. The number of rotatable bonds is 5. The van der Waals surface area contributed by atoms with E-state index in [1.54, 1.807) is 6.33 Å². The van der Waals surface area contributed by atoms with E-state index in [0.717, 1.165) is 66.3 Å². The van der Waals surface area contributed by atoms with Crippen LogP contribution < -0.4 is 4.90 Å². The van der Waals surface area contributed by atoms with Crippen molar-refractivity contribution >= 4 is 22.8 Å². The van der Waals surface area contributed by atoms with Gasteiger partial charge >= 0.3 is 0 Å². The fraction of sp³-hybridized carbons (Fsp3) is 0.269. The van der Waals surface area contributed by atoms with Gasteiger partial charge in [-0.2, -0.15) is 0 Å². The van der Waals surface area contributed by atoms with E-state index >= 15 is 0 Å². The number of hydrogen-bond acceptors (Lipinski definition) is 4. The maximum absolute atomic E-state index is 12.3. The van der Waals surface area contributed by atoms with Gasteiger partial charge in [0.25, 0.3) is 0 Å². The van der Waals surface area contributed by atoms with Gasteiger partial charge in [-0.1, -0.05) is 55.5 Å². The fourth-order valence-electron chi connectivity index (χ4n) is 4.45. The summed E-state index contributed by atoms with van der Waals surface area (Å²) in [6.07, 6.45) is 5.32. The summed E-state index contributed by atoms with van der Waals surface area (Å²) in [6.45, 7) is 5.04. The Labute approximate surface area is 188 Å². The lowest BCUT2D eigenvalue weighted by molar-refractivity contribution is -0.131. The van der Waals surface area contributed by atoms with Gasteiger partial charge in [-0.05, 0) is 24.1 Å². The van der Waals surface area contributed by atoms with Crippen molar-refractivity contribution in [2.45, 2.75) is 19.8 Å². The third-order valence-electron chi connectivity index (χ3n) is 6.08. The fourth-order valence-corrected chi connectivity index (χ4v) is 4.45.